The van der Waals surface area contributed by atoms with E-state index in [1.807, 2.05) is 0 Å². The topological polar surface area (TPSA) is 15.3 Å². The molecular formula is C19H26N2. The summed E-state index contributed by atoms with van der Waals surface area (Å²) in [6.07, 6.45) is 1.24. The van der Waals surface area contributed by atoms with Gasteiger partial charge in [0.25, 0.3) is 0 Å². The molecule has 0 saturated carbocycles. The lowest BCUT2D eigenvalue weighted by atomic mass is 9.89. The summed E-state index contributed by atoms with van der Waals surface area (Å²) in [6.45, 7) is 6.85. The van der Waals surface area contributed by atoms with E-state index in [1.54, 1.807) is 0 Å². The normalized spacial score (nSPS) is 27.1. The fourth-order valence-corrected chi connectivity index (χ4v) is 3.51. The summed E-state index contributed by atoms with van der Waals surface area (Å²) in [7, 11) is 2.24. The van der Waals surface area contributed by atoms with Crippen molar-refractivity contribution >= 4 is 10.8 Å². The molecule has 3 rings (SSSR count). The molecule has 0 aliphatic carbocycles. The van der Waals surface area contributed by atoms with Crippen LogP contribution in [0.1, 0.15) is 25.8 Å². The van der Waals surface area contributed by atoms with Crippen LogP contribution >= 0.6 is 0 Å². The summed E-state index contributed by atoms with van der Waals surface area (Å²) in [6, 6.07) is 16.6. The average molecular weight is 282 g/mol. The molecule has 1 N–H and O–H groups in total. The van der Waals surface area contributed by atoms with Gasteiger partial charge in [0.2, 0.25) is 0 Å². The maximum atomic E-state index is 3.80. The monoisotopic (exact) mass is 282 g/mol. The minimum Gasteiger partial charge on any atom is -0.310 e. The number of nitrogens with zero attached hydrogens (tertiary/aromatic N) is 1. The third-order valence-electron chi connectivity index (χ3n) is 5.04. The van der Waals surface area contributed by atoms with Crippen molar-refractivity contribution < 1.29 is 0 Å². The van der Waals surface area contributed by atoms with Crippen molar-refractivity contribution in [2.24, 2.45) is 5.92 Å². The molecule has 2 aromatic rings. The Morgan fingerprint density at radius 1 is 1.10 bits per heavy atom. The predicted molar refractivity (Wildman–Crippen MR) is 90.4 cm³/mol. The van der Waals surface area contributed by atoms with Gasteiger partial charge in [0, 0.05) is 25.2 Å². The molecule has 2 nitrogen and oxygen atoms in total. The first-order valence-electron chi connectivity index (χ1n) is 8.05. The van der Waals surface area contributed by atoms with Crippen molar-refractivity contribution in [2.45, 2.75) is 38.9 Å². The smallest absolute Gasteiger partial charge is 0.0214 e. The van der Waals surface area contributed by atoms with Gasteiger partial charge < -0.3 is 10.2 Å². The van der Waals surface area contributed by atoms with E-state index in [-0.39, 0.29) is 0 Å². The van der Waals surface area contributed by atoms with Crippen LogP contribution < -0.4 is 5.32 Å². The van der Waals surface area contributed by atoms with Crippen LogP contribution in [0.4, 0.5) is 0 Å². The van der Waals surface area contributed by atoms with Gasteiger partial charge in [0.1, 0.15) is 0 Å². The van der Waals surface area contributed by atoms with Gasteiger partial charge in [-0.05, 0) is 42.6 Å². The zero-order valence-electron chi connectivity index (χ0n) is 13.3. The fourth-order valence-electron chi connectivity index (χ4n) is 3.51. The van der Waals surface area contributed by atoms with Crippen molar-refractivity contribution in [2.75, 3.05) is 13.6 Å². The van der Waals surface area contributed by atoms with Crippen molar-refractivity contribution in [3.05, 3.63) is 48.0 Å². The highest BCUT2D eigenvalue weighted by Gasteiger charge is 2.28. The molecule has 1 saturated heterocycles. The van der Waals surface area contributed by atoms with Gasteiger partial charge in [-0.2, -0.15) is 0 Å². The van der Waals surface area contributed by atoms with Gasteiger partial charge in [0.05, 0.1) is 0 Å². The highest BCUT2D eigenvalue weighted by molar-refractivity contribution is 5.85. The van der Waals surface area contributed by atoms with Gasteiger partial charge in [-0.25, -0.2) is 0 Å². The summed E-state index contributed by atoms with van der Waals surface area (Å²) in [5.74, 6) is 0.709. The number of fused-ring (bicyclic) bond motifs is 1. The van der Waals surface area contributed by atoms with Crippen molar-refractivity contribution in [3.8, 4) is 0 Å². The summed E-state index contributed by atoms with van der Waals surface area (Å²) in [5.41, 5.74) is 1.41. The van der Waals surface area contributed by atoms with E-state index < -0.39 is 0 Å². The van der Waals surface area contributed by atoms with E-state index in [0.29, 0.717) is 18.0 Å². The first-order valence-corrected chi connectivity index (χ1v) is 8.05. The van der Waals surface area contributed by atoms with Crippen LogP contribution in [0.3, 0.4) is 0 Å². The minimum absolute atomic E-state index is 0.621. The van der Waals surface area contributed by atoms with Crippen LogP contribution in [-0.4, -0.2) is 30.6 Å². The van der Waals surface area contributed by atoms with E-state index in [1.165, 1.54) is 29.3 Å². The Kier molecular flexibility index (Phi) is 4.27. The van der Waals surface area contributed by atoms with Crippen LogP contribution in [0.25, 0.3) is 10.8 Å². The SMILES string of the molecule is CC1CN(C)C(C)CC1NCc1cccc2ccccc12. The zero-order valence-corrected chi connectivity index (χ0v) is 13.3. The molecule has 2 heteroatoms. The van der Waals surface area contributed by atoms with Crippen LogP contribution in [0.5, 0.6) is 0 Å². The molecule has 112 valence electrons. The Balaban J connectivity index is 1.72. The standard InChI is InChI=1S/C19H26N2/c1-14-13-21(3)15(2)11-19(14)20-12-17-9-6-8-16-7-4-5-10-18(16)17/h4-10,14-15,19-20H,11-13H2,1-3H3. The molecule has 1 aliphatic heterocycles. The van der Waals surface area contributed by atoms with Gasteiger partial charge in [-0.3, -0.25) is 0 Å². The zero-order chi connectivity index (χ0) is 14.8. The second-order valence-corrected chi connectivity index (χ2v) is 6.63. The van der Waals surface area contributed by atoms with Crippen LogP contribution in [0.15, 0.2) is 42.5 Å². The molecule has 3 unspecified atom stereocenters. The average Bonchev–Trinajstić information content (AvgIpc) is 2.49. The molecule has 1 aliphatic rings. The molecule has 0 aromatic heterocycles. The molecular weight excluding hydrogens is 256 g/mol. The molecule has 0 amide bonds. The summed E-state index contributed by atoms with van der Waals surface area (Å²) in [4.78, 5) is 2.47. The molecule has 1 heterocycles. The van der Waals surface area contributed by atoms with Gasteiger partial charge in [-0.15, -0.1) is 0 Å². The predicted octanol–water partition coefficient (Wildman–Crippen LogP) is 3.66. The molecule has 0 bridgehead atoms. The summed E-state index contributed by atoms with van der Waals surface area (Å²) in [5, 5.41) is 6.51. The number of hydrogen-bond acceptors (Lipinski definition) is 2. The van der Waals surface area contributed by atoms with Gasteiger partial charge in [-0.1, -0.05) is 49.4 Å². The number of nitrogens with one attached hydrogen (secondary N) is 1. The quantitative estimate of drug-likeness (QED) is 0.924. The van der Waals surface area contributed by atoms with Crippen molar-refractivity contribution in [1.82, 2.24) is 10.2 Å². The highest BCUT2D eigenvalue weighted by atomic mass is 15.2. The minimum atomic E-state index is 0.621. The largest absolute Gasteiger partial charge is 0.310 e. The van der Waals surface area contributed by atoms with E-state index in [9.17, 15) is 0 Å². The van der Waals surface area contributed by atoms with Crippen LogP contribution in [0.2, 0.25) is 0 Å². The number of benzene rings is 2. The second kappa shape index (κ2) is 6.17. The van der Waals surface area contributed by atoms with Gasteiger partial charge in [0.15, 0.2) is 0 Å². The molecule has 3 atom stereocenters. The lowest BCUT2D eigenvalue weighted by molar-refractivity contribution is 0.121. The molecule has 0 spiro atoms. The first kappa shape index (κ1) is 14.6. The van der Waals surface area contributed by atoms with E-state index in [4.69, 9.17) is 0 Å². The van der Waals surface area contributed by atoms with E-state index in [0.717, 1.165) is 6.54 Å². The lowest BCUT2D eigenvalue weighted by Gasteiger charge is -2.40. The molecule has 0 radical (unpaired) electrons. The van der Waals surface area contributed by atoms with Crippen molar-refractivity contribution in [3.63, 3.8) is 0 Å². The number of rotatable bonds is 3. The third-order valence-corrected chi connectivity index (χ3v) is 5.04. The van der Waals surface area contributed by atoms with Crippen molar-refractivity contribution in [1.29, 1.82) is 0 Å². The molecule has 21 heavy (non-hydrogen) atoms. The van der Waals surface area contributed by atoms with E-state index in [2.05, 4.69) is 73.6 Å². The number of likely N-dealkylation sites (tertiary alicyclic amines) is 1. The molecule has 1 fully saturated rings. The first-order chi connectivity index (χ1) is 10.1. The van der Waals surface area contributed by atoms with E-state index >= 15 is 0 Å². The number of piperidine rings is 1. The summed E-state index contributed by atoms with van der Waals surface area (Å²) >= 11 is 0. The Labute approximate surface area is 128 Å². The Hall–Kier alpha value is -1.38. The maximum absolute atomic E-state index is 3.80. The van der Waals surface area contributed by atoms with Gasteiger partial charge >= 0.3 is 0 Å². The Morgan fingerprint density at radius 2 is 1.86 bits per heavy atom. The maximum Gasteiger partial charge on any atom is 0.0214 e. The lowest BCUT2D eigenvalue weighted by Crippen LogP contribution is -2.50. The summed E-state index contributed by atoms with van der Waals surface area (Å²) < 4.78 is 0. The van der Waals surface area contributed by atoms with Crippen LogP contribution in [-0.2, 0) is 6.54 Å². The fraction of sp³-hybridized carbons (Fsp3) is 0.474. The molecule has 2 aromatic carbocycles. The Morgan fingerprint density at radius 3 is 2.71 bits per heavy atom. The highest BCUT2D eigenvalue weighted by Crippen LogP contribution is 2.23. The third kappa shape index (κ3) is 3.12. The number of hydrogen-bond donors (Lipinski definition) is 1. The second-order valence-electron chi connectivity index (χ2n) is 6.63. The Bertz CT molecular complexity index is 602. The van der Waals surface area contributed by atoms with Crippen LogP contribution in [0, 0.1) is 5.92 Å².